The van der Waals surface area contributed by atoms with Crippen LogP contribution in [-0.4, -0.2) is 38.2 Å². The van der Waals surface area contributed by atoms with Gasteiger partial charge in [0.1, 0.15) is 11.5 Å². The number of hydrogen-bond acceptors (Lipinski definition) is 7. The molecule has 3 heterocycles. The molecule has 0 bridgehead atoms. The van der Waals surface area contributed by atoms with Crippen molar-refractivity contribution in [3.05, 3.63) is 45.7 Å². The second-order valence-electron chi connectivity index (χ2n) is 5.79. The highest BCUT2D eigenvalue weighted by molar-refractivity contribution is 7.13. The van der Waals surface area contributed by atoms with E-state index in [0.717, 1.165) is 11.3 Å². The predicted molar refractivity (Wildman–Crippen MR) is 105 cm³/mol. The fraction of sp³-hybridized carbons (Fsp3) is 0.278. The predicted octanol–water partition coefficient (Wildman–Crippen LogP) is 2.14. The Kier molecular flexibility index (Phi) is 5.99. The molecule has 0 aliphatic rings. The molecule has 3 aromatic rings. The molecule has 0 atom stereocenters. The zero-order chi connectivity index (χ0) is 20.1. The minimum atomic E-state index is -1.01. The lowest BCUT2D eigenvalue weighted by atomic mass is 10.2. The Hall–Kier alpha value is -3.27. The van der Waals surface area contributed by atoms with Crippen molar-refractivity contribution in [2.75, 3.05) is 11.9 Å². The van der Waals surface area contributed by atoms with Crippen molar-refractivity contribution < 1.29 is 14.3 Å². The first kappa shape index (κ1) is 19.5. The van der Waals surface area contributed by atoms with E-state index in [1.807, 2.05) is 24.4 Å². The third-order valence-electron chi connectivity index (χ3n) is 3.67. The molecule has 0 spiro atoms. The standard InChI is InChI=1S/C18H19N5O4S/c1-3-6-11-9-15(24)21-18(19-11)23-14(20-16(25)17(26)27-4-2)10-12(22-23)13-7-5-8-28-13/h5,7-10H,3-4,6H2,1-2H3,(H,20,25)(H,19,21,24). The van der Waals surface area contributed by atoms with E-state index in [1.165, 1.54) is 22.1 Å². The molecule has 1 amide bonds. The number of carbonyl (C=O) groups excluding carboxylic acids is 2. The fourth-order valence-corrected chi connectivity index (χ4v) is 3.20. The van der Waals surface area contributed by atoms with Crippen LogP contribution in [0.15, 0.2) is 34.4 Å². The maximum Gasteiger partial charge on any atom is 0.397 e. The normalized spacial score (nSPS) is 10.6. The Morgan fingerprint density at radius 3 is 2.82 bits per heavy atom. The van der Waals surface area contributed by atoms with Crippen LogP contribution in [0.4, 0.5) is 5.82 Å². The van der Waals surface area contributed by atoms with Gasteiger partial charge in [0.25, 0.3) is 5.56 Å². The van der Waals surface area contributed by atoms with Crippen LogP contribution in [0.2, 0.25) is 0 Å². The minimum Gasteiger partial charge on any atom is -0.459 e. The smallest absolute Gasteiger partial charge is 0.397 e. The number of thiophene rings is 1. The first-order valence-corrected chi connectivity index (χ1v) is 9.62. The average Bonchev–Trinajstić information content (AvgIpc) is 3.31. The molecule has 0 aromatic carbocycles. The van der Waals surface area contributed by atoms with E-state index in [4.69, 9.17) is 4.74 Å². The van der Waals surface area contributed by atoms with E-state index in [9.17, 15) is 14.4 Å². The number of hydrogen-bond donors (Lipinski definition) is 2. The summed E-state index contributed by atoms with van der Waals surface area (Å²) >= 11 is 1.47. The Morgan fingerprint density at radius 2 is 2.14 bits per heavy atom. The van der Waals surface area contributed by atoms with Gasteiger partial charge in [-0.3, -0.25) is 14.6 Å². The van der Waals surface area contributed by atoms with Crippen molar-refractivity contribution in [3.63, 3.8) is 0 Å². The summed E-state index contributed by atoms with van der Waals surface area (Å²) in [5, 5.41) is 8.82. The fourth-order valence-electron chi connectivity index (χ4n) is 2.52. The van der Waals surface area contributed by atoms with Crippen molar-refractivity contribution >= 4 is 29.0 Å². The lowest BCUT2D eigenvalue weighted by molar-refractivity contribution is -0.152. The highest BCUT2D eigenvalue weighted by atomic mass is 32.1. The maximum atomic E-state index is 12.1. The molecule has 0 aliphatic carbocycles. The van der Waals surface area contributed by atoms with Gasteiger partial charge >= 0.3 is 11.9 Å². The second-order valence-corrected chi connectivity index (χ2v) is 6.74. The van der Waals surface area contributed by atoms with E-state index in [2.05, 4.69) is 20.4 Å². The van der Waals surface area contributed by atoms with Gasteiger partial charge in [-0.25, -0.2) is 9.78 Å². The second kappa shape index (κ2) is 8.61. The van der Waals surface area contributed by atoms with E-state index in [0.29, 0.717) is 17.8 Å². The Morgan fingerprint density at radius 1 is 1.32 bits per heavy atom. The van der Waals surface area contributed by atoms with E-state index in [1.54, 1.807) is 13.0 Å². The monoisotopic (exact) mass is 401 g/mol. The number of aromatic nitrogens is 4. The number of amides is 1. The third kappa shape index (κ3) is 4.34. The van der Waals surface area contributed by atoms with Gasteiger partial charge in [-0.05, 0) is 24.8 Å². The number of nitrogens with one attached hydrogen (secondary N) is 2. The van der Waals surface area contributed by atoms with Gasteiger partial charge in [0.2, 0.25) is 5.95 Å². The molecular formula is C18H19N5O4S. The molecular weight excluding hydrogens is 382 g/mol. The van der Waals surface area contributed by atoms with Crippen molar-refractivity contribution in [2.45, 2.75) is 26.7 Å². The molecule has 28 heavy (non-hydrogen) atoms. The van der Waals surface area contributed by atoms with Gasteiger partial charge in [-0.1, -0.05) is 19.4 Å². The SMILES string of the molecule is CCCc1cc(=O)[nH]c(-n2nc(-c3cccs3)cc2NC(=O)C(=O)OCC)n1. The molecule has 3 rings (SSSR count). The summed E-state index contributed by atoms with van der Waals surface area (Å²) in [7, 11) is 0. The van der Waals surface area contributed by atoms with E-state index in [-0.39, 0.29) is 23.9 Å². The van der Waals surface area contributed by atoms with Gasteiger partial charge < -0.3 is 10.1 Å². The highest BCUT2D eigenvalue weighted by Crippen LogP contribution is 2.27. The van der Waals surface area contributed by atoms with Gasteiger partial charge in [0.15, 0.2) is 0 Å². The Balaban J connectivity index is 2.05. The highest BCUT2D eigenvalue weighted by Gasteiger charge is 2.20. The molecule has 0 radical (unpaired) electrons. The number of aryl methyl sites for hydroxylation is 1. The number of esters is 1. The summed E-state index contributed by atoms with van der Waals surface area (Å²) in [5.41, 5.74) is 0.846. The summed E-state index contributed by atoms with van der Waals surface area (Å²) < 4.78 is 6.02. The van der Waals surface area contributed by atoms with Gasteiger partial charge in [-0.2, -0.15) is 9.78 Å². The molecule has 0 unspecified atom stereocenters. The molecule has 146 valence electrons. The zero-order valence-electron chi connectivity index (χ0n) is 15.4. The number of nitrogens with zero attached hydrogens (tertiary/aromatic N) is 3. The third-order valence-corrected chi connectivity index (χ3v) is 4.57. The van der Waals surface area contributed by atoms with Crippen LogP contribution < -0.4 is 10.9 Å². The van der Waals surface area contributed by atoms with Gasteiger partial charge in [0, 0.05) is 17.8 Å². The molecule has 9 nitrogen and oxygen atoms in total. The topological polar surface area (TPSA) is 119 Å². The molecule has 10 heteroatoms. The molecule has 0 saturated carbocycles. The number of anilines is 1. The van der Waals surface area contributed by atoms with Crippen molar-refractivity contribution in [1.82, 2.24) is 19.7 Å². The van der Waals surface area contributed by atoms with E-state index >= 15 is 0 Å². The van der Waals surface area contributed by atoms with Crippen molar-refractivity contribution in [3.8, 4) is 16.5 Å². The first-order valence-electron chi connectivity index (χ1n) is 8.74. The van der Waals surface area contributed by atoms with Crippen LogP contribution in [-0.2, 0) is 20.7 Å². The van der Waals surface area contributed by atoms with Crippen LogP contribution in [0.3, 0.4) is 0 Å². The maximum absolute atomic E-state index is 12.1. The molecule has 2 N–H and O–H groups in total. The Labute approximate surface area is 164 Å². The number of rotatable bonds is 6. The number of aromatic amines is 1. The molecule has 3 aromatic heterocycles. The number of carbonyl (C=O) groups is 2. The Bertz CT molecular complexity index is 1040. The molecule has 0 aliphatic heterocycles. The van der Waals surface area contributed by atoms with Gasteiger partial charge in [0.05, 0.1) is 11.5 Å². The molecule has 0 fully saturated rings. The lowest BCUT2D eigenvalue weighted by Crippen LogP contribution is -2.26. The molecule has 0 saturated heterocycles. The van der Waals surface area contributed by atoms with Crippen LogP contribution >= 0.6 is 11.3 Å². The quantitative estimate of drug-likeness (QED) is 0.482. The minimum absolute atomic E-state index is 0.0832. The lowest BCUT2D eigenvalue weighted by Gasteiger charge is -2.08. The summed E-state index contributed by atoms with van der Waals surface area (Å²) in [6.07, 6.45) is 1.45. The van der Waals surface area contributed by atoms with Gasteiger partial charge in [-0.15, -0.1) is 11.3 Å². The summed E-state index contributed by atoms with van der Waals surface area (Å²) in [6, 6.07) is 6.78. The summed E-state index contributed by atoms with van der Waals surface area (Å²) in [6.45, 7) is 3.68. The van der Waals surface area contributed by atoms with Crippen molar-refractivity contribution in [2.24, 2.45) is 0 Å². The zero-order valence-corrected chi connectivity index (χ0v) is 16.2. The van der Waals surface area contributed by atoms with E-state index < -0.39 is 11.9 Å². The number of ether oxygens (including phenoxy) is 1. The first-order chi connectivity index (χ1) is 13.5. The largest absolute Gasteiger partial charge is 0.459 e. The summed E-state index contributed by atoms with van der Waals surface area (Å²) in [4.78, 5) is 43.7. The number of H-pyrrole nitrogens is 1. The van der Waals surface area contributed by atoms with Crippen LogP contribution in [0.5, 0.6) is 0 Å². The van der Waals surface area contributed by atoms with Crippen LogP contribution in [0.25, 0.3) is 16.5 Å². The van der Waals surface area contributed by atoms with Crippen molar-refractivity contribution in [1.29, 1.82) is 0 Å². The van der Waals surface area contributed by atoms with Crippen LogP contribution in [0.1, 0.15) is 26.0 Å². The van der Waals surface area contributed by atoms with Crippen LogP contribution in [0, 0.1) is 0 Å². The average molecular weight is 401 g/mol. The summed E-state index contributed by atoms with van der Waals surface area (Å²) in [5.74, 6) is -1.60.